The third kappa shape index (κ3) is 4.70. The molecule has 176 valence electrons. The molecule has 3 atom stereocenters. The van der Waals surface area contributed by atoms with E-state index in [4.69, 9.17) is 9.47 Å². The summed E-state index contributed by atoms with van der Waals surface area (Å²) in [5, 5.41) is 27.8. The highest BCUT2D eigenvalue weighted by atomic mass is 16.6. The van der Waals surface area contributed by atoms with Crippen LogP contribution in [-0.4, -0.2) is 50.4 Å². The first kappa shape index (κ1) is 23.1. The zero-order valence-corrected chi connectivity index (χ0v) is 18.7. The Balaban J connectivity index is 1.49. The Morgan fingerprint density at radius 3 is 2.94 bits per heavy atom. The van der Waals surface area contributed by atoms with Crippen molar-refractivity contribution < 1.29 is 24.2 Å². The van der Waals surface area contributed by atoms with E-state index in [2.05, 4.69) is 21.5 Å². The molecule has 0 bridgehead atoms. The number of aromatic nitrogens is 3. The van der Waals surface area contributed by atoms with Gasteiger partial charge in [-0.2, -0.15) is 10.4 Å². The maximum Gasteiger partial charge on any atom is 0.306 e. The quantitative estimate of drug-likeness (QED) is 0.550. The summed E-state index contributed by atoms with van der Waals surface area (Å²) in [6.07, 6.45) is 5.35. The number of anilines is 1. The molecule has 3 heterocycles. The van der Waals surface area contributed by atoms with Gasteiger partial charge in [-0.15, -0.1) is 0 Å². The molecule has 0 spiro atoms. The first-order valence-corrected chi connectivity index (χ1v) is 11.5. The number of carbonyl (C=O) groups excluding carboxylic acids is 2. The van der Waals surface area contributed by atoms with Crippen LogP contribution < -0.4 is 5.32 Å². The van der Waals surface area contributed by atoms with Crippen LogP contribution in [0.3, 0.4) is 0 Å². The third-order valence-electron chi connectivity index (χ3n) is 6.43. The highest BCUT2D eigenvalue weighted by Crippen LogP contribution is 2.40. The molecule has 4 rings (SSSR count). The number of nitrogens with zero attached hydrogens (tertiary/aromatic N) is 4. The summed E-state index contributed by atoms with van der Waals surface area (Å²) in [5.74, 6) is 0.279. The molecule has 10 heteroatoms. The SMILES string of the molecule is CCCCC(=O)Nc1ncnn2c([C@]3(C#N)O[C@@H](COC(=O)CC4CCC4)C[C@H]3O)ccc12. The van der Waals surface area contributed by atoms with Gasteiger partial charge in [0.2, 0.25) is 11.5 Å². The number of hydrogen-bond donors (Lipinski definition) is 2. The highest BCUT2D eigenvalue weighted by Gasteiger charge is 2.52. The van der Waals surface area contributed by atoms with Gasteiger partial charge in [0.05, 0.1) is 11.8 Å². The molecule has 33 heavy (non-hydrogen) atoms. The van der Waals surface area contributed by atoms with Crippen LogP contribution in [0.5, 0.6) is 0 Å². The van der Waals surface area contributed by atoms with E-state index in [9.17, 15) is 20.0 Å². The molecule has 2 aromatic rings. The Hall–Kier alpha value is -3.03. The van der Waals surface area contributed by atoms with Gasteiger partial charge in [-0.3, -0.25) is 9.59 Å². The van der Waals surface area contributed by atoms with Gasteiger partial charge in [0.25, 0.3) is 0 Å². The van der Waals surface area contributed by atoms with E-state index < -0.39 is 17.8 Å². The molecule has 0 aromatic carbocycles. The highest BCUT2D eigenvalue weighted by molar-refractivity contribution is 5.93. The van der Waals surface area contributed by atoms with Crippen molar-refractivity contribution in [3.8, 4) is 6.07 Å². The van der Waals surface area contributed by atoms with E-state index in [0.29, 0.717) is 35.8 Å². The minimum Gasteiger partial charge on any atom is -0.463 e. The maximum absolute atomic E-state index is 12.2. The van der Waals surface area contributed by atoms with Gasteiger partial charge in [-0.25, -0.2) is 9.50 Å². The van der Waals surface area contributed by atoms with Gasteiger partial charge in [-0.1, -0.05) is 19.8 Å². The number of nitriles is 1. The molecular weight excluding hydrogens is 426 g/mol. The number of rotatable bonds is 9. The average Bonchev–Trinajstić information content (AvgIpc) is 3.35. The Labute approximate surface area is 191 Å². The lowest BCUT2D eigenvalue weighted by molar-refractivity contribution is -0.151. The smallest absolute Gasteiger partial charge is 0.306 e. The summed E-state index contributed by atoms with van der Waals surface area (Å²) in [6.45, 7) is 1.98. The fourth-order valence-corrected chi connectivity index (χ4v) is 4.32. The number of unbranched alkanes of at least 4 members (excludes halogenated alkanes) is 1. The fourth-order valence-electron chi connectivity index (χ4n) is 4.32. The molecule has 10 nitrogen and oxygen atoms in total. The number of ether oxygens (including phenoxy) is 2. The lowest BCUT2D eigenvalue weighted by Gasteiger charge is -2.25. The second-order valence-electron chi connectivity index (χ2n) is 8.80. The van der Waals surface area contributed by atoms with Gasteiger partial charge in [-0.05, 0) is 37.3 Å². The van der Waals surface area contributed by atoms with Crippen molar-refractivity contribution in [2.75, 3.05) is 11.9 Å². The van der Waals surface area contributed by atoms with Crippen LogP contribution in [0.4, 0.5) is 5.82 Å². The predicted octanol–water partition coefficient (Wildman–Crippen LogP) is 2.46. The first-order valence-electron chi connectivity index (χ1n) is 11.5. The summed E-state index contributed by atoms with van der Waals surface area (Å²) in [5.41, 5.74) is -0.879. The van der Waals surface area contributed by atoms with Crippen molar-refractivity contribution in [3.63, 3.8) is 0 Å². The summed E-state index contributed by atoms with van der Waals surface area (Å²) >= 11 is 0. The molecule has 1 aliphatic heterocycles. The number of aliphatic hydroxyl groups is 1. The Kier molecular flexibility index (Phi) is 6.91. The van der Waals surface area contributed by atoms with Crippen LogP contribution >= 0.6 is 0 Å². The van der Waals surface area contributed by atoms with Gasteiger partial charge in [0, 0.05) is 19.3 Å². The molecule has 1 saturated carbocycles. The lowest BCUT2D eigenvalue weighted by atomic mass is 9.83. The second kappa shape index (κ2) is 9.85. The molecule has 2 fully saturated rings. The second-order valence-corrected chi connectivity index (χ2v) is 8.80. The van der Waals surface area contributed by atoms with E-state index in [0.717, 1.165) is 32.1 Å². The number of aliphatic hydroxyl groups excluding tert-OH is 1. The van der Waals surface area contributed by atoms with Crippen molar-refractivity contribution in [3.05, 3.63) is 24.2 Å². The van der Waals surface area contributed by atoms with Crippen LogP contribution in [0.25, 0.3) is 5.52 Å². The van der Waals surface area contributed by atoms with Crippen LogP contribution in [0.1, 0.15) is 64.0 Å². The fraction of sp³-hybridized carbons (Fsp3) is 0.609. The average molecular weight is 456 g/mol. The molecule has 1 saturated heterocycles. The van der Waals surface area contributed by atoms with Gasteiger partial charge in [0.15, 0.2) is 5.82 Å². The molecule has 1 amide bonds. The monoisotopic (exact) mass is 455 g/mol. The minimum absolute atomic E-state index is 0.0247. The zero-order valence-electron chi connectivity index (χ0n) is 18.7. The molecular formula is C23H29N5O5. The summed E-state index contributed by atoms with van der Waals surface area (Å²) < 4.78 is 12.8. The largest absolute Gasteiger partial charge is 0.463 e. The van der Waals surface area contributed by atoms with Gasteiger partial charge >= 0.3 is 5.97 Å². The first-order chi connectivity index (χ1) is 16.0. The number of hydrogen-bond acceptors (Lipinski definition) is 8. The predicted molar refractivity (Wildman–Crippen MR) is 117 cm³/mol. The van der Waals surface area contributed by atoms with Crippen molar-refractivity contribution in [2.24, 2.45) is 5.92 Å². The molecule has 2 aromatic heterocycles. The van der Waals surface area contributed by atoms with Crippen molar-refractivity contribution in [1.29, 1.82) is 5.26 Å². The van der Waals surface area contributed by atoms with Crippen LogP contribution in [0.15, 0.2) is 18.5 Å². The minimum atomic E-state index is -1.69. The zero-order chi connectivity index (χ0) is 23.4. The summed E-state index contributed by atoms with van der Waals surface area (Å²) in [4.78, 5) is 28.4. The Morgan fingerprint density at radius 2 is 2.24 bits per heavy atom. The molecule has 1 aliphatic carbocycles. The third-order valence-corrected chi connectivity index (χ3v) is 6.43. The molecule has 0 radical (unpaired) electrons. The summed E-state index contributed by atoms with van der Waals surface area (Å²) in [6, 6.07) is 5.40. The Bertz CT molecular complexity index is 1060. The lowest BCUT2D eigenvalue weighted by Crippen LogP contribution is -2.36. The van der Waals surface area contributed by atoms with Crippen LogP contribution in [-0.2, 0) is 24.7 Å². The van der Waals surface area contributed by atoms with Gasteiger partial charge < -0.3 is 19.9 Å². The number of amides is 1. The van der Waals surface area contributed by atoms with E-state index in [1.807, 2.05) is 6.92 Å². The van der Waals surface area contributed by atoms with Crippen molar-refractivity contribution in [2.45, 2.75) is 76.1 Å². The standard InChI is InChI=1S/C23H29N5O5/c1-2-3-7-20(30)27-22-17-8-9-18(28(17)26-14-25-22)23(13-24)19(29)11-16(33-23)12-32-21(31)10-15-5-4-6-15/h8-9,14-16,19,29H,2-7,10-12H2,1H3,(H,25,26,27,30)/t16-,19-,23+/m1/s1. The van der Waals surface area contributed by atoms with Crippen molar-refractivity contribution >= 4 is 23.2 Å². The topological polar surface area (TPSA) is 139 Å². The number of carbonyl (C=O) groups is 2. The van der Waals surface area contributed by atoms with Crippen LogP contribution in [0, 0.1) is 17.2 Å². The molecule has 2 aliphatic rings. The van der Waals surface area contributed by atoms with E-state index in [1.54, 1.807) is 12.1 Å². The normalized spacial score (nSPS) is 24.9. The van der Waals surface area contributed by atoms with E-state index in [1.165, 1.54) is 10.8 Å². The number of esters is 1. The molecule has 0 unspecified atom stereocenters. The van der Waals surface area contributed by atoms with E-state index in [-0.39, 0.29) is 24.9 Å². The maximum atomic E-state index is 12.2. The molecule has 2 N–H and O–H groups in total. The van der Waals surface area contributed by atoms with Gasteiger partial charge in [0.1, 0.15) is 30.6 Å². The number of fused-ring (bicyclic) bond motifs is 1. The van der Waals surface area contributed by atoms with Crippen molar-refractivity contribution in [1.82, 2.24) is 14.6 Å². The van der Waals surface area contributed by atoms with E-state index >= 15 is 0 Å². The summed E-state index contributed by atoms with van der Waals surface area (Å²) in [7, 11) is 0. The van der Waals surface area contributed by atoms with Crippen LogP contribution in [0.2, 0.25) is 0 Å². The Morgan fingerprint density at radius 1 is 1.42 bits per heavy atom. The number of nitrogens with one attached hydrogen (secondary N) is 1.